The van der Waals surface area contributed by atoms with Gasteiger partial charge in [0.15, 0.2) is 5.66 Å². The maximum Gasteiger partial charge on any atom is 0.324 e. The molecular weight excluding hydrogens is 901 g/mol. The summed E-state index contributed by atoms with van der Waals surface area (Å²) in [6.07, 6.45) is 4.82. The molecule has 382 valence electrons. The van der Waals surface area contributed by atoms with Gasteiger partial charge in [-0.25, -0.2) is 5.43 Å². The minimum Gasteiger partial charge on any atom is -0.464 e. The molecule has 3 aromatic rings. The van der Waals surface area contributed by atoms with Crippen LogP contribution in [0, 0.1) is 35.0 Å². The number of hydrogen-bond acceptors (Lipinski definition) is 12. The second kappa shape index (κ2) is 19.5. The highest BCUT2D eigenvalue weighted by Gasteiger charge is 2.49. The van der Waals surface area contributed by atoms with E-state index in [1.165, 1.54) is 9.91 Å². The second-order valence-electron chi connectivity index (χ2n) is 22.6. The highest BCUT2D eigenvalue weighted by Crippen LogP contribution is 2.56. The maximum atomic E-state index is 15.1. The summed E-state index contributed by atoms with van der Waals surface area (Å²) >= 11 is 0. The van der Waals surface area contributed by atoms with Gasteiger partial charge in [0.2, 0.25) is 11.8 Å². The summed E-state index contributed by atoms with van der Waals surface area (Å²) in [4.78, 5) is 83.9. The van der Waals surface area contributed by atoms with Gasteiger partial charge in [-0.2, -0.15) is 0 Å². The second-order valence-corrected chi connectivity index (χ2v) is 22.6. The van der Waals surface area contributed by atoms with Crippen molar-refractivity contribution in [3.05, 3.63) is 47.8 Å². The molecule has 5 N–H and O–H groups in total. The number of fused-ring (bicyclic) bond motifs is 8. The fourth-order valence-corrected chi connectivity index (χ4v) is 12.4. The number of aliphatic hydroxyl groups excluding tert-OH is 1. The Bertz CT molecular complexity index is 2650. The number of nitrogens with two attached hydrogens (primary N) is 1. The van der Waals surface area contributed by atoms with Gasteiger partial charge in [0.1, 0.15) is 18.2 Å². The molecule has 17 nitrogen and oxygen atoms in total. The zero-order valence-corrected chi connectivity index (χ0v) is 42.9. The Morgan fingerprint density at radius 3 is 2.52 bits per heavy atom. The molecule has 9 rings (SSSR count). The molecule has 1 unspecified atom stereocenters. The average molecular weight is 975 g/mol. The van der Waals surface area contributed by atoms with E-state index in [4.69, 9.17) is 15.5 Å². The van der Waals surface area contributed by atoms with Crippen LogP contribution in [0.15, 0.2) is 36.5 Å². The average Bonchev–Trinajstić information content (AvgIpc) is 3.95. The summed E-state index contributed by atoms with van der Waals surface area (Å²) in [5.41, 5.74) is 12.8. The number of hydrogen-bond donors (Lipinski definition) is 4. The third-order valence-corrected chi connectivity index (χ3v) is 16.4. The Balaban J connectivity index is 1.01. The van der Waals surface area contributed by atoms with Gasteiger partial charge in [0.05, 0.1) is 29.5 Å². The number of cyclic esters (lactones) is 1. The fourth-order valence-electron chi connectivity index (χ4n) is 12.4. The first-order valence-corrected chi connectivity index (χ1v) is 26.0. The number of aliphatic hydroxyl groups is 1. The number of carbonyl (C=O) groups is 5. The summed E-state index contributed by atoms with van der Waals surface area (Å²) in [6.45, 7) is 18.6. The maximum absolute atomic E-state index is 15.1. The van der Waals surface area contributed by atoms with Crippen LogP contribution in [0.3, 0.4) is 0 Å². The molecule has 0 saturated carbocycles. The monoisotopic (exact) mass is 975 g/mol. The normalized spacial score (nSPS) is 27.2. The van der Waals surface area contributed by atoms with Crippen LogP contribution < -0.4 is 21.4 Å². The number of hydrazine groups is 1. The van der Waals surface area contributed by atoms with Crippen LogP contribution in [0.5, 0.6) is 0 Å². The van der Waals surface area contributed by atoms with E-state index < -0.39 is 64.4 Å². The van der Waals surface area contributed by atoms with Crippen LogP contribution in [0.2, 0.25) is 0 Å². The van der Waals surface area contributed by atoms with Crippen molar-refractivity contribution in [3.63, 3.8) is 0 Å². The molecule has 0 spiro atoms. The lowest BCUT2D eigenvalue weighted by atomic mass is 9.67. The standard InChI is InChI=1S/C54H74N10O7/c1-9-63-40-18-17-36-28-38(40)42-43(47(66)44-37(46(42)63)15-10-22-56-44)52(4,5)32-71-50(69)39-16-12-26-64(58-39)51(70)54(55,29-34-14-11-23-60(36)30-34)57-48(67)45(33(2)3)59(8)49(68)35-20-27-61(31-35)41(65)19-21-53(6,7)62-24-13-25-62/h10,15,17-18,22,28,33-35,39,43,45,47,58,66H,9,11-14,16,20,23-27,29-32,55H2,1-8H3,(H,57,67)/t34-,35-,39-,43?,45-,47-,54-/m0/s1. The summed E-state index contributed by atoms with van der Waals surface area (Å²) < 4.78 is 8.46. The Morgan fingerprint density at radius 2 is 1.80 bits per heavy atom. The molecule has 5 aliphatic heterocycles. The van der Waals surface area contributed by atoms with Gasteiger partial charge in [0.25, 0.3) is 11.8 Å². The molecular formula is C54H74N10O7. The predicted molar refractivity (Wildman–Crippen MR) is 270 cm³/mol. The molecule has 1 aromatic carbocycles. The number of benzene rings is 1. The number of aromatic nitrogens is 2. The summed E-state index contributed by atoms with van der Waals surface area (Å²) in [5.74, 6) is 2.17. The van der Waals surface area contributed by atoms with Crippen molar-refractivity contribution in [3.8, 4) is 23.1 Å². The molecule has 17 heteroatoms. The molecule has 4 amide bonds. The number of amides is 4. The van der Waals surface area contributed by atoms with Gasteiger partial charge < -0.3 is 40.2 Å². The number of aryl methyl sites for hydroxylation is 1. The molecule has 7 atom stereocenters. The number of nitrogens with one attached hydrogen (secondary N) is 2. The lowest BCUT2D eigenvalue weighted by molar-refractivity contribution is -0.158. The molecule has 6 bridgehead atoms. The Hall–Kier alpha value is -5.54. The molecule has 4 saturated heterocycles. The van der Waals surface area contributed by atoms with Gasteiger partial charge in [0, 0.05) is 99.1 Å². The molecule has 7 heterocycles. The minimum absolute atomic E-state index is 0.0200. The lowest BCUT2D eigenvalue weighted by Crippen LogP contribution is -2.72. The van der Waals surface area contributed by atoms with E-state index >= 15 is 4.79 Å². The van der Waals surface area contributed by atoms with Crippen molar-refractivity contribution in [1.29, 1.82) is 0 Å². The number of likely N-dealkylation sites (tertiary alicyclic amines) is 2. The third-order valence-electron chi connectivity index (χ3n) is 16.4. The predicted octanol–water partition coefficient (Wildman–Crippen LogP) is 4.13. The van der Waals surface area contributed by atoms with Gasteiger partial charge in [-0.05, 0) is 119 Å². The first kappa shape index (κ1) is 50.4. The zero-order chi connectivity index (χ0) is 50.7. The molecule has 2 aromatic heterocycles. The number of ether oxygens (including phenoxy) is 1. The van der Waals surface area contributed by atoms with Crippen molar-refractivity contribution in [2.24, 2.45) is 28.9 Å². The zero-order valence-electron chi connectivity index (χ0n) is 42.9. The van der Waals surface area contributed by atoms with Gasteiger partial charge in [-0.3, -0.25) is 38.9 Å². The summed E-state index contributed by atoms with van der Waals surface area (Å²) in [7, 11) is 1.60. The van der Waals surface area contributed by atoms with Crippen molar-refractivity contribution < 1.29 is 33.8 Å². The number of rotatable bonds is 7. The number of anilines is 1. The Kier molecular flexibility index (Phi) is 13.8. The van der Waals surface area contributed by atoms with E-state index in [0.29, 0.717) is 44.6 Å². The van der Waals surface area contributed by atoms with Crippen LogP contribution >= 0.6 is 0 Å². The number of piperidine rings is 1. The van der Waals surface area contributed by atoms with E-state index in [1.54, 1.807) is 18.1 Å². The van der Waals surface area contributed by atoms with Crippen LogP contribution in [0.1, 0.15) is 117 Å². The topological polar surface area (TPSA) is 199 Å². The van der Waals surface area contributed by atoms with Crippen LogP contribution in [0.25, 0.3) is 22.2 Å². The first-order valence-electron chi connectivity index (χ1n) is 26.0. The highest BCUT2D eigenvalue weighted by atomic mass is 16.5. The van der Waals surface area contributed by atoms with Crippen LogP contribution in [-0.2, 0) is 35.3 Å². The molecule has 4 fully saturated rings. The van der Waals surface area contributed by atoms with E-state index in [-0.39, 0.29) is 49.8 Å². The van der Waals surface area contributed by atoms with Crippen molar-refractivity contribution >= 4 is 46.2 Å². The smallest absolute Gasteiger partial charge is 0.324 e. The van der Waals surface area contributed by atoms with Gasteiger partial charge in [-0.1, -0.05) is 33.6 Å². The molecule has 0 radical (unpaired) electrons. The van der Waals surface area contributed by atoms with E-state index in [2.05, 4.69) is 62.1 Å². The number of likely N-dealkylation sites (N-methyl/N-ethyl adjacent to an activating group) is 1. The van der Waals surface area contributed by atoms with Crippen LogP contribution in [-0.4, -0.2) is 147 Å². The molecule has 6 aliphatic rings. The fraction of sp³-hybridized carbons (Fsp3) is 0.630. The molecule has 1 aliphatic carbocycles. The van der Waals surface area contributed by atoms with Crippen molar-refractivity contribution in [2.45, 2.75) is 135 Å². The minimum atomic E-state index is -1.93. The number of esters is 1. The Morgan fingerprint density at radius 1 is 1.04 bits per heavy atom. The largest absolute Gasteiger partial charge is 0.464 e. The highest BCUT2D eigenvalue weighted by molar-refractivity contribution is 5.98. The number of pyridine rings is 1. The van der Waals surface area contributed by atoms with E-state index in [1.807, 2.05) is 53.7 Å². The SMILES string of the molecule is CCn1c2c3c4cc(ccc41)N1CCC[C@H](C1)C[C@](N)(NC(=O)[C@H](C(C)C)N(C)C(=O)[C@H]1CCN(C(=O)C#CC(C)(C)N4CCC4)C1)C(=O)N1CCC[C@H](N1)C(=O)OCC(C)(C)C3[C@H](O)c1ncccc1-2. The van der Waals surface area contributed by atoms with Gasteiger partial charge in [-0.15, -0.1) is 0 Å². The summed E-state index contributed by atoms with van der Waals surface area (Å²) in [6, 6.07) is 8.53. The van der Waals surface area contributed by atoms with Gasteiger partial charge >= 0.3 is 5.97 Å². The third kappa shape index (κ3) is 9.41. The number of nitrogens with zero attached hydrogens (tertiary/aromatic N) is 7. The Labute approximate surface area is 418 Å². The summed E-state index contributed by atoms with van der Waals surface area (Å²) in [5, 5.41) is 17.7. The molecule has 71 heavy (non-hydrogen) atoms. The quantitative estimate of drug-likeness (QED) is 0.150. The lowest BCUT2D eigenvalue weighted by Gasteiger charge is -2.44. The van der Waals surface area contributed by atoms with E-state index in [9.17, 15) is 24.3 Å². The van der Waals surface area contributed by atoms with Crippen molar-refractivity contribution in [2.75, 3.05) is 64.4 Å². The van der Waals surface area contributed by atoms with Crippen molar-refractivity contribution in [1.82, 2.24) is 40.0 Å². The van der Waals surface area contributed by atoms with E-state index in [0.717, 1.165) is 72.3 Å². The first-order chi connectivity index (χ1) is 33.7. The number of carbonyl (C=O) groups excluding carboxylic acids is 5. The van der Waals surface area contributed by atoms with Crippen LogP contribution in [0.4, 0.5) is 5.69 Å².